The Kier molecular flexibility index (Phi) is 7.71. The Hall–Kier alpha value is -1.44. The maximum absolute atomic E-state index is 12.8. The SMILES string of the molecule is CCCCN1CCC(NC(=O)C2CCN(S(=O)(=O)c3ccc(C)cc3)CC2)CC1. The number of carbonyl (C=O) groups is 1. The van der Waals surface area contributed by atoms with Crippen LogP contribution in [-0.4, -0.2) is 62.3 Å². The van der Waals surface area contributed by atoms with Crippen LogP contribution in [0.4, 0.5) is 0 Å². The number of rotatable bonds is 7. The second kappa shape index (κ2) is 10.0. The minimum Gasteiger partial charge on any atom is -0.353 e. The van der Waals surface area contributed by atoms with E-state index in [0.717, 1.165) is 38.0 Å². The van der Waals surface area contributed by atoms with Crippen molar-refractivity contribution in [2.24, 2.45) is 5.92 Å². The van der Waals surface area contributed by atoms with Gasteiger partial charge in [0.1, 0.15) is 0 Å². The molecule has 0 spiro atoms. The fourth-order valence-corrected chi connectivity index (χ4v) is 5.69. The highest BCUT2D eigenvalue weighted by molar-refractivity contribution is 7.89. The van der Waals surface area contributed by atoms with Crippen LogP contribution < -0.4 is 5.32 Å². The predicted octanol–water partition coefficient (Wildman–Crippen LogP) is 2.78. The summed E-state index contributed by atoms with van der Waals surface area (Å²) in [6.45, 7) is 8.23. The second-order valence-electron chi connectivity index (χ2n) is 8.47. The van der Waals surface area contributed by atoms with E-state index in [1.807, 2.05) is 19.1 Å². The average Bonchev–Trinajstić information content (AvgIpc) is 2.73. The van der Waals surface area contributed by atoms with Crippen LogP contribution in [0.1, 0.15) is 51.0 Å². The highest BCUT2D eigenvalue weighted by Crippen LogP contribution is 2.24. The quantitative estimate of drug-likeness (QED) is 0.735. The van der Waals surface area contributed by atoms with Gasteiger partial charge in [-0.3, -0.25) is 4.79 Å². The van der Waals surface area contributed by atoms with E-state index in [-0.39, 0.29) is 17.9 Å². The minimum atomic E-state index is -3.47. The van der Waals surface area contributed by atoms with Gasteiger partial charge in [-0.05, 0) is 57.7 Å². The summed E-state index contributed by atoms with van der Waals surface area (Å²) in [5, 5.41) is 3.22. The number of nitrogens with zero attached hydrogens (tertiary/aromatic N) is 2. The van der Waals surface area contributed by atoms with Gasteiger partial charge in [-0.25, -0.2) is 8.42 Å². The summed E-state index contributed by atoms with van der Waals surface area (Å²) in [6.07, 6.45) is 5.65. The molecule has 7 heteroatoms. The van der Waals surface area contributed by atoms with Gasteiger partial charge in [0.25, 0.3) is 0 Å². The third kappa shape index (κ3) is 5.80. The summed E-state index contributed by atoms with van der Waals surface area (Å²) in [7, 11) is -3.47. The number of nitrogens with one attached hydrogen (secondary N) is 1. The van der Waals surface area contributed by atoms with Gasteiger partial charge in [0.2, 0.25) is 15.9 Å². The van der Waals surface area contributed by atoms with E-state index in [1.54, 1.807) is 12.1 Å². The molecule has 0 aromatic heterocycles. The molecule has 3 rings (SSSR count). The van der Waals surface area contributed by atoms with Crippen molar-refractivity contribution in [3.63, 3.8) is 0 Å². The Labute approximate surface area is 175 Å². The van der Waals surface area contributed by atoms with Gasteiger partial charge in [0.15, 0.2) is 0 Å². The second-order valence-corrected chi connectivity index (χ2v) is 10.4. The zero-order valence-electron chi connectivity index (χ0n) is 17.8. The summed E-state index contributed by atoms with van der Waals surface area (Å²) >= 11 is 0. The van der Waals surface area contributed by atoms with Gasteiger partial charge < -0.3 is 10.2 Å². The van der Waals surface area contributed by atoms with Crippen LogP contribution in [-0.2, 0) is 14.8 Å². The number of sulfonamides is 1. The third-order valence-electron chi connectivity index (χ3n) is 6.25. The lowest BCUT2D eigenvalue weighted by atomic mass is 9.96. The zero-order chi connectivity index (χ0) is 20.9. The summed E-state index contributed by atoms with van der Waals surface area (Å²) in [6, 6.07) is 7.23. The lowest BCUT2D eigenvalue weighted by Crippen LogP contribution is -2.48. The van der Waals surface area contributed by atoms with Gasteiger partial charge in [-0.1, -0.05) is 31.0 Å². The first-order valence-corrected chi connectivity index (χ1v) is 12.4. The number of amides is 1. The molecule has 0 unspecified atom stereocenters. The molecule has 0 saturated carbocycles. The van der Waals surface area contributed by atoms with E-state index in [1.165, 1.54) is 17.1 Å². The molecule has 1 aromatic rings. The molecule has 6 nitrogen and oxygen atoms in total. The van der Waals surface area contributed by atoms with E-state index >= 15 is 0 Å². The van der Waals surface area contributed by atoms with Crippen LogP contribution in [0, 0.1) is 12.8 Å². The molecule has 1 aromatic carbocycles. The Balaban J connectivity index is 1.45. The molecule has 2 fully saturated rings. The number of likely N-dealkylation sites (tertiary alicyclic amines) is 1. The molecule has 2 aliphatic heterocycles. The number of unbranched alkanes of at least 4 members (excludes halogenated alkanes) is 1. The van der Waals surface area contributed by atoms with Crippen molar-refractivity contribution in [1.82, 2.24) is 14.5 Å². The van der Waals surface area contributed by atoms with Crippen LogP contribution in [0.15, 0.2) is 29.2 Å². The molecule has 0 aliphatic carbocycles. The highest BCUT2D eigenvalue weighted by atomic mass is 32.2. The van der Waals surface area contributed by atoms with Crippen molar-refractivity contribution >= 4 is 15.9 Å². The maximum Gasteiger partial charge on any atom is 0.243 e. The summed E-state index contributed by atoms with van der Waals surface area (Å²) < 4.78 is 27.2. The van der Waals surface area contributed by atoms with E-state index in [9.17, 15) is 13.2 Å². The lowest BCUT2D eigenvalue weighted by Gasteiger charge is -2.34. The smallest absolute Gasteiger partial charge is 0.243 e. The fraction of sp³-hybridized carbons (Fsp3) is 0.682. The van der Waals surface area contributed by atoms with Crippen molar-refractivity contribution in [2.75, 3.05) is 32.7 Å². The van der Waals surface area contributed by atoms with Crippen LogP contribution in [0.25, 0.3) is 0 Å². The standard InChI is InChI=1S/C22H35N3O3S/c1-3-4-13-24-14-11-20(12-15-24)23-22(26)19-9-16-25(17-10-19)29(27,28)21-7-5-18(2)6-8-21/h5-8,19-20H,3-4,9-17H2,1-2H3,(H,23,26). The molecule has 0 radical (unpaired) electrons. The average molecular weight is 422 g/mol. The van der Waals surface area contributed by atoms with Crippen molar-refractivity contribution in [2.45, 2.75) is 63.3 Å². The number of aryl methyl sites for hydroxylation is 1. The number of benzene rings is 1. The van der Waals surface area contributed by atoms with E-state index in [4.69, 9.17) is 0 Å². The van der Waals surface area contributed by atoms with Crippen molar-refractivity contribution in [3.05, 3.63) is 29.8 Å². The normalized spacial score (nSPS) is 20.6. The molecule has 1 N–H and O–H groups in total. The molecule has 2 saturated heterocycles. The first-order chi connectivity index (χ1) is 13.9. The van der Waals surface area contributed by atoms with Crippen LogP contribution >= 0.6 is 0 Å². The number of carbonyl (C=O) groups excluding carboxylic acids is 1. The Morgan fingerprint density at radius 2 is 1.66 bits per heavy atom. The monoisotopic (exact) mass is 421 g/mol. The molecular formula is C22H35N3O3S. The van der Waals surface area contributed by atoms with Crippen molar-refractivity contribution in [1.29, 1.82) is 0 Å². The molecule has 0 atom stereocenters. The molecule has 29 heavy (non-hydrogen) atoms. The summed E-state index contributed by atoms with van der Waals surface area (Å²) in [5.41, 5.74) is 1.04. The van der Waals surface area contributed by atoms with Gasteiger partial charge in [-0.2, -0.15) is 4.31 Å². The largest absolute Gasteiger partial charge is 0.353 e. The van der Waals surface area contributed by atoms with Gasteiger partial charge >= 0.3 is 0 Å². The lowest BCUT2D eigenvalue weighted by molar-refractivity contribution is -0.127. The molecule has 0 bridgehead atoms. The van der Waals surface area contributed by atoms with Gasteiger partial charge in [-0.15, -0.1) is 0 Å². The predicted molar refractivity (Wildman–Crippen MR) is 115 cm³/mol. The first-order valence-electron chi connectivity index (χ1n) is 11.0. The number of piperidine rings is 2. The van der Waals surface area contributed by atoms with Gasteiger partial charge in [0, 0.05) is 38.1 Å². The Bertz CT molecular complexity index is 763. The van der Waals surface area contributed by atoms with Crippen molar-refractivity contribution < 1.29 is 13.2 Å². The maximum atomic E-state index is 12.8. The molecular weight excluding hydrogens is 386 g/mol. The van der Waals surface area contributed by atoms with Crippen LogP contribution in [0.2, 0.25) is 0 Å². The van der Waals surface area contributed by atoms with E-state index < -0.39 is 10.0 Å². The highest BCUT2D eigenvalue weighted by Gasteiger charge is 2.33. The molecule has 1 amide bonds. The topological polar surface area (TPSA) is 69.7 Å². The van der Waals surface area contributed by atoms with E-state index in [0.29, 0.717) is 30.8 Å². The molecule has 162 valence electrons. The van der Waals surface area contributed by atoms with Crippen LogP contribution in [0.3, 0.4) is 0 Å². The number of hydrogen-bond acceptors (Lipinski definition) is 4. The minimum absolute atomic E-state index is 0.0856. The summed E-state index contributed by atoms with van der Waals surface area (Å²) in [5.74, 6) is 0.0157. The number of hydrogen-bond donors (Lipinski definition) is 1. The Morgan fingerprint density at radius 3 is 2.24 bits per heavy atom. The van der Waals surface area contributed by atoms with Gasteiger partial charge in [0.05, 0.1) is 4.90 Å². The fourth-order valence-electron chi connectivity index (χ4n) is 4.22. The molecule has 2 heterocycles. The Morgan fingerprint density at radius 1 is 1.03 bits per heavy atom. The van der Waals surface area contributed by atoms with E-state index in [2.05, 4.69) is 17.1 Å². The molecule has 2 aliphatic rings. The first kappa shape index (κ1) is 22.2. The zero-order valence-corrected chi connectivity index (χ0v) is 18.6. The summed E-state index contributed by atoms with van der Waals surface area (Å²) in [4.78, 5) is 15.5. The van der Waals surface area contributed by atoms with Crippen molar-refractivity contribution in [3.8, 4) is 0 Å². The van der Waals surface area contributed by atoms with Crippen LogP contribution in [0.5, 0.6) is 0 Å². The third-order valence-corrected chi connectivity index (χ3v) is 8.16.